The third-order valence-corrected chi connectivity index (χ3v) is 6.93. The molecule has 2 aliphatic rings. The Labute approximate surface area is 156 Å². The molecular weight excluding hydrogens is 370 g/mol. The SMILES string of the molecule is C[C@@H]1C(=O)Nc2ccc(S(=O)(=O)N3CCN(C(=O)c4ccco4)CC3)cc21. The van der Waals surface area contributed by atoms with Gasteiger partial charge in [-0.25, -0.2) is 8.42 Å². The zero-order valence-electron chi connectivity index (χ0n) is 14.7. The summed E-state index contributed by atoms with van der Waals surface area (Å²) in [5, 5.41) is 2.74. The lowest BCUT2D eigenvalue weighted by Crippen LogP contribution is -2.50. The number of nitrogens with one attached hydrogen (secondary N) is 1. The molecule has 2 aliphatic heterocycles. The molecule has 0 spiro atoms. The first-order valence-electron chi connectivity index (χ1n) is 8.65. The van der Waals surface area contributed by atoms with Crippen LogP contribution < -0.4 is 5.32 Å². The molecule has 142 valence electrons. The minimum Gasteiger partial charge on any atom is -0.459 e. The average molecular weight is 389 g/mol. The van der Waals surface area contributed by atoms with Crippen LogP contribution in [0, 0.1) is 0 Å². The van der Waals surface area contributed by atoms with Gasteiger partial charge >= 0.3 is 0 Å². The maximum atomic E-state index is 13.0. The molecule has 1 aromatic carbocycles. The van der Waals surface area contributed by atoms with Crippen LogP contribution >= 0.6 is 0 Å². The number of rotatable bonds is 3. The van der Waals surface area contributed by atoms with Crippen molar-refractivity contribution in [2.24, 2.45) is 0 Å². The van der Waals surface area contributed by atoms with E-state index in [9.17, 15) is 18.0 Å². The second kappa shape index (κ2) is 6.50. The molecule has 1 atom stereocenters. The van der Waals surface area contributed by atoms with E-state index in [0.29, 0.717) is 24.3 Å². The van der Waals surface area contributed by atoms with Crippen LogP contribution in [0.5, 0.6) is 0 Å². The molecule has 1 fully saturated rings. The summed E-state index contributed by atoms with van der Waals surface area (Å²) in [6.45, 7) is 2.74. The van der Waals surface area contributed by atoms with E-state index in [1.54, 1.807) is 36.1 Å². The Morgan fingerprint density at radius 1 is 1.19 bits per heavy atom. The van der Waals surface area contributed by atoms with Crippen LogP contribution in [0.4, 0.5) is 5.69 Å². The number of piperazine rings is 1. The summed E-state index contributed by atoms with van der Waals surface area (Å²) >= 11 is 0. The van der Waals surface area contributed by atoms with Gasteiger partial charge in [0.2, 0.25) is 15.9 Å². The number of benzene rings is 1. The highest BCUT2D eigenvalue weighted by atomic mass is 32.2. The topological polar surface area (TPSA) is 99.9 Å². The lowest BCUT2D eigenvalue weighted by Gasteiger charge is -2.33. The molecule has 1 saturated heterocycles. The number of furan rings is 1. The van der Waals surface area contributed by atoms with Gasteiger partial charge in [-0.05, 0) is 42.8 Å². The smallest absolute Gasteiger partial charge is 0.289 e. The van der Waals surface area contributed by atoms with Crippen LogP contribution in [-0.2, 0) is 14.8 Å². The van der Waals surface area contributed by atoms with E-state index in [-0.39, 0.29) is 41.5 Å². The van der Waals surface area contributed by atoms with Crippen molar-refractivity contribution in [3.05, 3.63) is 47.9 Å². The lowest BCUT2D eigenvalue weighted by atomic mass is 10.0. The first-order valence-corrected chi connectivity index (χ1v) is 10.1. The van der Waals surface area contributed by atoms with Crippen LogP contribution in [0.3, 0.4) is 0 Å². The van der Waals surface area contributed by atoms with Gasteiger partial charge in [0.1, 0.15) is 0 Å². The van der Waals surface area contributed by atoms with Gasteiger partial charge in [-0.3, -0.25) is 9.59 Å². The maximum Gasteiger partial charge on any atom is 0.289 e. The molecular formula is C18H19N3O5S. The van der Waals surface area contributed by atoms with E-state index in [1.165, 1.54) is 16.6 Å². The van der Waals surface area contributed by atoms with E-state index in [2.05, 4.69) is 5.32 Å². The molecule has 0 aliphatic carbocycles. The fourth-order valence-corrected chi connectivity index (χ4v) is 4.85. The zero-order valence-corrected chi connectivity index (χ0v) is 15.5. The highest BCUT2D eigenvalue weighted by Crippen LogP contribution is 2.34. The highest BCUT2D eigenvalue weighted by molar-refractivity contribution is 7.89. The second-order valence-corrected chi connectivity index (χ2v) is 8.57. The monoisotopic (exact) mass is 389 g/mol. The quantitative estimate of drug-likeness (QED) is 0.857. The van der Waals surface area contributed by atoms with Gasteiger partial charge in [0, 0.05) is 31.9 Å². The van der Waals surface area contributed by atoms with E-state index >= 15 is 0 Å². The van der Waals surface area contributed by atoms with Crippen molar-refractivity contribution in [2.45, 2.75) is 17.7 Å². The van der Waals surface area contributed by atoms with Crippen molar-refractivity contribution in [1.29, 1.82) is 0 Å². The number of carbonyl (C=O) groups excluding carboxylic acids is 2. The molecule has 0 unspecified atom stereocenters. The van der Waals surface area contributed by atoms with Crippen LogP contribution in [0.25, 0.3) is 0 Å². The Kier molecular flexibility index (Phi) is 4.27. The van der Waals surface area contributed by atoms with Crippen molar-refractivity contribution in [3.63, 3.8) is 0 Å². The summed E-state index contributed by atoms with van der Waals surface area (Å²) in [6, 6.07) is 7.93. The van der Waals surface area contributed by atoms with Gasteiger partial charge in [0.05, 0.1) is 17.1 Å². The molecule has 27 heavy (non-hydrogen) atoms. The van der Waals surface area contributed by atoms with E-state index in [4.69, 9.17) is 4.42 Å². The summed E-state index contributed by atoms with van der Waals surface area (Å²) in [5.74, 6) is -0.508. The van der Waals surface area contributed by atoms with Crippen LogP contribution in [-0.4, -0.2) is 55.6 Å². The minimum atomic E-state index is -3.69. The van der Waals surface area contributed by atoms with E-state index < -0.39 is 10.0 Å². The number of carbonyl (C=O) groups is 2. The first-order chi connectivity index (χ1) is 12.9. The zero-order chi connectivity index (χ0) is 19.2. The molecule has 4 rings (SSSR count). The summed E-state index contributed by atoms with van der Waals surface area (Å²) in [7, 11) is -3.69. The molecule has 0 radical (unpaired) electrons. The predicted molar refractivity (Wildman–Crippen MR) is 96.9 cm³/mol. The third kappa shape index (κ3) is 3.02. The molecule has 2 amide bonds. The number of hydrogen-bond acceptors (Lipinski definition) is 5. The van der Waals surface area contributed by atoms with Crippen LogP contribution in [0.2, 0.25) is 0 Å². The van der Waals surface area contributed by atoms with Crippen molar-refractivity contribution < 1.29 is 22.4 Å². The number of anilines is 1. The van der Waals surface area contributed by atoms with Crippen molar-refractivity contribution >= 4 is 27.5 Å². The molecule has 9 heteroatoms. The minimum absolute atomic E-state index is 0.135. The van der Waals surface area contributed by atoms with Gasteiger partial charge in [-0.15, -0.1) is 0 Å². The third-order valence-electron chi connectivity index (χ3n) is 5.04. The average Bonchev–Trinajstić information content (AvgIpc) is 3.30. The van der Waals surface area contributed by atoms with Crippen molar-refractivity contribution in [2.75, 3.05) is 31.5 Å². The maximum absolute atomic E-state index is 13.0. The summed E-state index contributed by atoms with van der Waals surface area (Å²) in [6.07, 6.45) is 1.43. The number of nitrogens with zero attached hydrogens (tertiary/aromatic N) is 2. The van der Waals surface area contributed by atoms with Crippen LogP contribution in [0.1, 0.15) is 29.0 Å². The van der Waals surface area contributed by atoms with Gasteiger partial charge in [-0.1, -0.05) is 0 Å². The molecule has 0 bridgehead atoms. The van der Waals surface area contributed by atoms with Gasteiger partial charge in [-0.2, -0.15) is 4.31 Å². The fraction of sp³-hybridized carbons (Fsp3) is 0.333. The number of sulfonamides is 1. The van der Waals surface area contributed by atoms with E-state index in [1.807, 2.05) is 0 Å². The summed E-state index contributed by atoms with van der Waals surface area (Å²) in [4.78, 5) is 25.8. The highest BCUT2D eigenvalue weighted by Gasteiger charge is 2.33. The molecule has 0 saturated carbocycles. The predicted octanol–water partition coefficient (Wildman–Crippen LogP) is 1.48. The molecule has 3 heterocycles. The molecule has 1 aromatic heterocycles. The Morgan fingerprint density at radius 2 is 1.93 bits per heavy atom. The molecule has 8 nitrogen and oxygen atoms in total. The number of amides is 2. The Balaban J connectivity index is 1.50. The largest absolute Gasteiger partial charge is 0.459 e. The fourth-order valence-electron chi connectivity index (χ4n) is 3.39. The first kappa shape index (κ1) is 17.7. The lowest BCUT2D eigenvalue weighted by molar-refractivity contribution is -0.116. The number of fused-ring (bicyclic) bond motifs is 1. The number of hydrogen-bond donors (Lipinski definition) is 1. The van der Waals surface area contributed by atoms with Gasteiger partial charge in [0.15, 0.2) is 5.76 Å². The standard InChI is InChI=1S/C18H19N3O5S/c1-12-14-11-13(4-5-15(14)19-17(12)22)27(24,25)21-8-6-20(7-9-21)18(23)16-3-2-10-26-16/h2-5,10-12H,6-9H2,1H3,(H,19,22)/t12-/m0/s1. The van der Waals surface area contributed by atoms with Gasteiger partial charge < -0.3 is 14.6 Å². The molecule has 1 N–H and O–H groups in total. The van der Waals surface area contributed by atoms with Crippen LogP contribution in [0.15, 0.2) is 45.9 Å². The molecule has 2 aromatic rings. The van der Waals surface area contributed by atoms with Crippen molar-refractivity contribution in [3.8, 4) is 0 Å². The Bertz CT molecular complexity index is 992. The van der Waals surface area contributed by atoms with Gasteiger partial charge in [0.25, 0.3) is 5.91 Å². The summed E-state index contributed by atoms with van der Waals surface area (Å²) in [5.41, 5.74) is 1.34. The normalized spacial score (nSPS) is 20.4. The van der Waals surface area contributed by atoms with Crippen molar-refractivity contribution in [1.82, 2.24) is 9.21 Å². The Morgan fingerprint density at radius 3 is 2.59 bits per heavy atom. The van der Waals surface area contributed by atoms with E-state index in [0.717, 1.165) is 0 Å². The second-order valence-electron chi connectivity index (χ2n) is 6.63. The summed E-state index contributed by atoms with van der Waals surface area (Å²) < 4.78 is 32.4. The Hall–Kier alpha value is -2.65.